The van der Waals surface area contributed by atoms with Crippen molar-refractivity contribution in [3.8, 4) is 0 Å². The summed E-state index contributed by atoms with van der Waals surface area (Å²) in [6.07, 6.45) is 0. The summed E-state index contributed by atoms with van der Waals surface area (Å²) < 4.78 is 8.52. The number of ether oxygens (including phenoxy) is 2. The highest BCUT2D eigenvalue weighted by Crippen LogP contribution is 1.85. The summed E-state index contributed by atoms with van der Waals surface area (Å²) in [6.45, 7) is 1.22. The quantitative estimate of drug-likeness (QED) is 0.435. The number of nitrogens with one attached hydrogen (secondary N) is 1. The molecule has 0 saturated heterocycles. The normalized spacial score (nSPS) is 11.2. The van der Waals surface area contributed by atoms with Crippen LogP contribution >= 0.6 is 0 Å². The van der Waals surface area contributed by atoms with Crippen LogP contribution in [0.3, 0.4) is 0 Å². The van der Waals surface area contributed by atoms with E-state index in [1.54, 1.807) is 0 Å². The smallest absolute Gasteiger partial charge is 0.328 e. The van der Waals surface area contributed by atoms with E-state index in [0.717, 1.165) is 0 Å². The number of carbonyl (C=O) groups excluding carboxylic acids is 3. The summed E-state index contributed by atoms with van der Waals surface area (Å²) in [5.74, 6) is -1.11. The monoisotopic (exact) mass is 189 g/mol. The van der Waals surface area contributed by atoms with Crippen LogP contribution in [0.4, 0.5) is 0 Å². The second-order valence-electron chi connectivity index (χ2n) is 2.22. The Morgan fingerprint density at radius 3 is 2.62 bits per heavy atom. The molecule has 6 nitrogen and oxygen atoms in total. The number of methoxy groups -OCH3 is 1. The first-order valence-corrected chi connectivity index (χ1v) is 3.54. The first-order valence-electron chi connectivity index (χ1n) is 3.54. The Morgan fingerprint density at radius 1 is 1.54 bits per heavy atom. The third kappa shape index (κ3) is 4.78. The zero-order valence-electron chi connectivity index (χ0n) is 7.40. The molecule has 0 rings (SSSR count). The average Bonchev–Trinajstić information content (AvgIpc) is 2.13. The van der Waals surface area contributed by atoms with Crippen LogP contribution in [0.25, 0.3) is 0 Å². The summed E-state index contributed by atoms with van der Waals surface area (Å²) in [6, 6.07) is -0.743. The van der Waals surface area contributed by atoms with Gasteiger partial charge >= 0.3 is 5.97 Å². The molecular formula is C7H11NO5. The van der Waals surface area contributed by atoms with Crippen molar-refractivity contribution in [2.24, 2.45) is 0 Å². The van der Waals surface area contributed by atoms with E-state index in [-0.39, 0.29) is 6.47 Å². The fourth-order valence-electron chi connectivity index (χ4n) is 0.629. The van der Waals surface area contributed by atoms with E-state index in [1.165, 1.54) is 14.0 Å². The number of hydrogen-bond acceptors (Lipinski definition) is 5. The van der Waals surface area contributed by atoms with Crippen molar-refractivity contribution in [3.05, 3.63) is 0 Å². The maximum absolute atomic E-state index is 10.8. The maximum atomic E-state index is 10.8. The Kier molecular flexibility index (Phi) is 5.25. The van der Waals surface area contributed by atoms with Gasteiger partial charge in [-0.15, -0.1) is 0 Å². The number of hydrogen-bond donors (Lipinski definition) is 1. The number of amides is 1. The summed E-state index contributed by atoms with van der Waals surface area (Å²) in [7, 11) is 1.22. The van der Waals surface area contributed by atoms with Gasteiger partial charge in [0.15, 0.2) is 6.61 Å². The molecule has 0 aliphatic carbocycles. The molecule has 1 atom stereocenters. The van der Waals surface area contributed by atoms with Gasteiger partial charge in [-0.1, -0.05) is 0 Å². The SMILES string of the molecule is COC(=O)C(C)NC(=O)COC=O. The van der Waals surface area contributed by atoms with Gasteiger partial charge in [-0.3, -0.25) is 9.59 Å². The van der Waals surface area contributed by atoms with Crippen molar-refractivity contribution >= 4 is 18.3 Å². The fourth-order valence-corrected chi connectivity index (χ4v) is 0.629. The minimum Gasteiger partial charge on any atom is -0.467 e. The van der Waals surface area contributed by atoms with Gasteiger partial charge in [-0.25, -0.2) is 4.79 Å². The second kappa shape index (κ2) is 5.99. The average molecular weight is 189 g/mol. The van der Waals surface area contributed by atoms with Crippen LogP contribution in [-0.4, -0.2) is 38.1 Å². The summed E-state index contributed by atoms with van der Waals surface area (Å²) in [5, 5.41) is 2.27. The Morgan fingerprint density at radius 2 is 2.15 bits per heavy atom. The van der Waals surface area contributed by atoms with Gasteiger partial charge in [0, 0.05) is 0 Å². The van der Waals surface area contributed by atoms with Gasteiger partial charge in [0.2, 0.25) is 0 Å². The van der Waals surface area contributed by atoms with Crippen LogP contribution in [0.2, 0.25) is 0 Å². The molecule has 0 heterocycles. The van der Waals surface area contributed by atoms with Gasteiger partial charge in [0.25, 0.3) is 12.4 Å². The van der Waals surface area contributed by atoms with Crippen molar-refractivity contribution in [1.29, 1.82) is 0 Å². The molecule has 13 heavy (non-hydrogen) atoms. The molecule has 0 aromatic carbocycles. The van der Waals surface area contributed by atoms with E-state index >= 15 is 0 Å². The van der Waals surface area contributed by atoms with Crippen LogP contribution in [0.5, 0.6) is 0 Å². The number of rotatable bonds is 5. The largest absolute Gasteiger partial charge is 0.467 e. The third-order valence-corrected chi connectivity index (χ3v) is 1.21. The Hall–Kier alpha value is -1.59. The zero-order valence-corrected chi connectivity index (χ0v) is 7.40. The molecule has 0 saturated carbocycles. The molecule has 0 aliphatic heterocycles. The van der Waals surface area contributed by atoms with E-state index < -0.39 is 24.5 Å². The predicted molar refractivity (Wildman–Crippen MR) is 41.6 cm³/mol. The Balaban J connectivity index is 3.77. The molecule has 0 radical (unpaired) electrons. The van der Waals surface area contributed by atoms with Crippen LogP contribution in [-0.2, 0) is 23.9 Å². The van der Waals surface area contributed by atoms with Gasteiger partial charge < -0.3 is 14.8 Å². The van der Waals surface area contributed by atoms with Crippen LogP contribution in [0, 0.1) is 0 Å². The first-order chi connectivity index (χ1) is 6.11. The number of esters is 1. The summed E-state index contributed by atoms with van der Waals surface area (Å²) in [4.78, 5) is 31.3. The van der Waals surface area contributed by atoms with E-state index in [2.05, 4.69) is 14.8 Å². The fraction of sp³-hybridized carbons (Fsp3) is 0.571. The van der Waals surface area contributed by atoms with Crippen LogP contribution in [0.1, 0.15) is 6.92 Å². The second-order valence-corrected chi connectivity index (χ2v) is 2.22. The molecule has 0 spiro atoms. The molecule has 6 heteroatoms. The third-order valence-electron chi connectivity index (χ3n) is 1.21. The van der Waals surface area contributed by atoms with Crippen molar-refractivity contribution < 1.29 is 23.9 Å². The molecule has 0 aliphatic rings. The molecule has 1 N–H and O–H groups in total. The van der Waals surface area contributed by atoms with Crippen molar-refractivity contribution in [2.75, 3.05) is 13.7 Å². The maximum Gasteiger partial charge on any atom is 0.328 e. The lowest BCUT2D eigenvalue weighted by molar-refractivity contribution is -0.145. The lowest BCUT2D eigenvalue weighted by Crippen LogP contribution is -2.40. The van der Waals surface area contributed by atoms with Crippen LogP contribution < -0.4 is 5.32 Å². The van der Waals surface area contributed by atoms with Crippen molar-refractivity contribution in [2.45, 2.75) is 13.0 Å². The summed E-state index contributed by atoms with van der Waals surface area (Å²) >= 11 is 0. The summed E-state index contributed by atoms with van der Waals surface area (Å²) in [5.41, 5.74) is 0. The van der Waals surface area contributed by atoms with E-state index in [0.29, 0.717) is 0 Å². The molecule has 1 amide bonds. The molecule has 1 unspecified atom stereocenters. The highest BCUT2D eigenvalue weighted by Gasteiger charge is 2.15. The lowest BCUT2D eigenvalue weighted by Gasteiger charge is -2.10. The van der Waals surface area contributed by atoms with Gasteiger partial charge in [0.1, 0.15) is 6.04 Å². The van der Waals surface area contributed by atoms with Gasteiger partial charge in [-0.05, 0) is 6.92 Å². The first kappa shape index (κ1) is 11.4. The zero-order chi connectivity index (χ0) is 10.3. The molecule has 0 aromatic rings. The number of carbonyl (C=O) groups is 3. The topological polar surface area (TPSA) is 81.7 Å². The highest BCUT2D eigenvalue weighted by molar-refractivity contribution is 5.85. The minimum absolute atomic E-state index is 0.155. The van der Waals surface area contributed by atoms with E-state index in [1.807, 2.05) is 0 Å². The standard InChI is InChI=1S/C7H11NO5/c1-5(7(11)12-2)8-6(10)3-13-4-9/h4-5H,3H2,1-2H3,(H,8,10). The molecule has 0 fully saturated rings. The molecule has 74 valence electrons. The van der Waals surface area contributed by atoms with Crippen molar-refractivity contribution in [1.82, 2.24) is 5.32 Å². The van der Waals surface area contributed by atoms with Crippen LogP contribution in [0.15, 0.2) is 0 Å². The molecule has 0 aromatic heterocycles. The lowest BCUT2D eigenvalue weighted by atomic mass is 10.3. The van der Waals surface area contributed by atoms with Gasteiger partial charge in [-0.2, -0.15) is 0 Å². The Labute approximate surface area is 75.2 Å². The minimum atomic E-state index is -0.743. The Bertz CT molecular complexity index is 203. The van der Waals surface area contributed by atoms with Crippen molar-refractivity contribution in [3.63, 3.8) is 0 Å². The van der Waals surface area contributed by atoms with E-state index in [4.69, 9.17) is 0 Å². The molecular weight excluding hydrogens is 178 g/mol. The van der Waals surface area contributed by atoms with E-state index in [9.17, 15) is 14.4 Å². The van der Waals surface area contributed by atoms with Gasteiger partial charge in [0.05, 0.1) is 7.11 Å². The molecule has 0 bridgehead atoms. The predicted octanol–water partition coefficient (Wildman–Crippen LogP) is -1.16. The highest BCUT2D eigenvalue weighted by atomic mass is 16.5.